The van der Waals surface area contributed by atoms with E-state index in [4.69, 9.17) is 17.3 Å². The van der Waals surface area contributed by atoms with Gasteiger partial charge >= 0.3 is 5.97 Å². The van der Waals surface area contributed by atoms with Crippen molar-refractivity contribution in [2.24, 2.45) is 0 Å². The highest BCUT2D eigenvalue weighted by molar-refractivity contribution is 7.98. The predicted molar refractivity (Wildman–Crippen MR) is 99.0 cm³/mol. The molecule has 0 aliphatic rings. The number of thioether (sulfide) groups is 1. The van der Waals surface area contributed by atoms with Gasteiger partial charge in [-0.2, -0.15) is 0 Å². The Morgan fingerprint density at radius 2 is 1.83 bits per heavy atom. The molecular weight excluding hydrogens is 328 g/mol. The van der Waals surface area contributed by atoms with E-state index in [1.807, 2.05) is 60.9 Å². The van der Waals surface area contributed by atoms with Crippen LogP contribution in [0.15, 0.2) is 59.5 Å². The Kier molecular flexibility index (Phi) is 6.43. The van der Waals surface area contributed by atoms with Crippen LogP contribution in [-0.2, 0) is 4.79 Å². The SMILES string of the molecule is CSc1ccc([C@@H](CC(=O)O)NC(=S)Nc2ccccc2)cc1. The van der Waals surface area contributed by atoms with E-state index in [1.165, 1.54) is 0 Å². The maximum Gasteiger partial charge on any atom is 0.305 e. The number of benzene rings is 2. The summed E-state index contributed by atoms with van der Waals surface area (Å²) < 4.78 is 0. The molecule has 0 saturated carbocycles. The number of anilines is 1. The first-order chi connectivity index (χ1) is 11.1. The molecule has 0 saturated heterocycles. The zero-order valence-corrected chi connectivity index (χ0v) is 14.3. The van der Waals surface area contributed by atoms with Gasteiger partial charge in [0.15, 0.2) is 5.11 Å². The number of carboxylic acids is 1. The highest BCUT2D eigenvalue weighted by Gasteiger charge is 2.16. The smallest absolute Gasteiger partial charge is 0.305 e. The quantitative estimate of drug-likeness (QED) is 0.544. The Bertz CT molecular complexity index is 660. The van der Waals surface area contributed by atoms with Crippen LogP contribution in [0.5, 0.6) is 0 Å². The van der Waals surface area contributed by atoms with Gasteiger partial charge in [0.05, 0.1) is 12.5 Å². The van der Waals surface area contributed by atoms with Crippen LogP contribution in [0.25, 0.3) is 0 Å². The molecule has 3 N–H and O–H groups in total. The average molecular weight is 346 g/mol. The predicted octanol–water partition coefficient (Wildman–Crippen LogP) is 3.91. The number of hydrogen-bond donors (Lipinski definition) is 3. The summed E-state index contributed by atoms with van der Waals surface area (Å²) in [5, 5.41) is 15.7. The van der Waals surface area contributed by atoms with E-state index in [-0.39, 0.29) is 12.5 Å². The molecule has 2 aromatic rings. The molecule has 0 aliphatic heterocycles. The zero-order valence-electron chi connectivity index (χ0n) is 12.7. The van der Waals surface area contributed by atoms with Gasteiger partial charge in [-0.3, -0.25) is 4.79 Å². The lowest BCUT2D eigenvalue weighted by atomic mass is 10.0. The fourth-order valence-electron chi connectivity index (χ4n) is 2.11. The molecule has 4 nitrogen and oxygen atoms in total. The second kappa shape index (κ2) is 8.55. The molecule has 120 valence electrons. The molecule has 1 atom stereocenters. The molecule has 0 radical (unpaired) electrons. The normalized spacial score (nSPS) is 11.5. The Labute approximate surface area is 145 Å². The van der Waals surface area contributed by atoms with E-state index < -0.39 is 5.97 Å². The van der Waals surface area contributed by atoms with Gasteiger partial charge in [0.2, 0.25) is 0 Å². The fourth-order valence-corrected chi connectivity index (χ4v) is 2.78. The Hall–Kier alpha value is -2.05. The van der Waals surface area contributed by atoms with Crippen molar-refractivity contribution in [1.29, 1.82) is 0 Å². The minimum Gasteiger partial charge on any atom is -0.481 e. The summed E-state index contributed by atoms with van der Waals surface area (Å²) in [7, 11) is 0. The minimum absolute atomic E-state index is 0.0464. The van der Waals surface area contributed by atoms with Crippen molar-refractivity contribution in [2.75, 3.05) is 11.6 Å². The molecule has 0 spiro atoms. The topological polar surface area (TPSA) is 61.4 Å². The first-order valence-electron chi connectivity index (χ1n) is 7.07. The highest BCUT2D eigenvalue weighted by atomic mass is 32.2. The standard InChI is InChI=1S/C17H18N2O2S2/c1-23-14-9-7-12(8-10-14)15(11-16(20)21)19-17(22)18-13-5-3-2-4-6-13/h2-10,15H,11H2,1H3,(H,20,21)(H2,18,19,22)/t15-/m1/s1. The van der Waals surface area contributed by atoms with Crippen molar-refractivity contribution < 1.29 is 9.90 Å². The van der Waals surface area contributed by atoms with Gasteiger partial charge in [0.1, 0.15) is 0 Å². The van der Waals surface area contributed by atoms with Gasteiger partial charge in [-0.05, 0) is 48.3 Å². The molecule has 2 rings (SSSR count). The lowest BCUT2D eigenvalue weighted by molar-refractivity contribution is -0.137. The number of para-hydroxylation sites is 1. The van der Waals surface area contributed by atoms with Gasteiger partial charge < -0.3 is 15.7 Å². The van der Waals surface area contributed by atoms with Crippen LogP contribution in [0.4, 0.5) is 5.69 Å². The van der Waals surface area contributed by atoms with Crippen molar-refractivity contribution in [2.45, 2.75) is 17.4 Å². The maximum absolute atomic E-state index is 11.1. The van der Waals surface area contributed by atoms with Crippen molar-refractivity contribution >= 4 is 40.7 Å². The van der Waals surface area contributed by atoms with Crippen molar-refractivity contribution in [3.63, 3.8) is 0 Å². The third-order valence-corrected chi connectivity index (χ3v) is 4.20. The van der Waals surface area contributed by atoms with E-state index in [0.29, 0.717) is 5.11 Å². The molecule has 2 aromatic carbocycles. The average Bonchev–Trinajstić information content (AvgIpc) is 2.55. The summed E-state index contributed by atoms with van der Waals surface area (Å²) in [6, 6.07) is 16.9. The third-order valence-electron chi connectivity index (χ3n) is 3.23. The second-order valence-corrected chi connectivity index (χ2v) is 6.18. The first kappa shape index (κ1) is 17.3. The van der Waals surface area contributed by atoms with Gasteiger partial charge in [0.25, 0.3) is 0 Å². The molecule has 0 bridgehead atoms. The van der Waals surface area contributed by atoms with Gasteiger partial charge in [-0.25, -0.2) is 0 Å². The number of hydrogen-bond acceptors (Lipinski definition) is 3. The van der Waals surface area contributed by atoms with Crippen LogP contribution in [0.1, 0.15) is 18.0 Å². The summed E-state index contributed by atoms with van der Waals surface area (Å²) in [5.74, 6) is -0.876. The van der Waals surface area contributed by atoms with Crippen LogP contribution in [0.3, 0.4) is 0 Å². The molecule has 0 unspecified atom stereocenters. The third kappa shape index (κ3) is 5.58. The molecule has 0 fully saturated rings. The van der Waals surface area contributed by atoms with Crippen LogP contribution < -0.4 is 10.6 Å². The molecular formula is C17H18N2O2S2. The number of carboxylic acid groups (broad SMARTS) is 1. The Morgan fingerprint density at radius 3 is 2.39 bits per heavy atom. The van der Waals surface area contributed by atoms with E-state index in [2.05, 4.69) is 10.6 Å². The van der Waals surface area contributed by atoms with Gasteiger partial charge in [0, 0.05) is 10.6 Å². The number of thiocarbonyl (C=S) groups is 1. The highest BCUT2D eigenvalue weighted by Crippen LogP contribution is 2.21. The summed E-state index contributed by atoms with van der Waals surface area (Å²) in [6.07, 6.45) is 1.95. The Balaban J connectivity index is 2.08. The largest absolute Gasteiger partial charge is 0.481 e. The van der Waals surface area contributed by atoms with Gasteiger partial charge in [-0.1, -0.05) is 30.3 Å². The lowest BCUT2D eigenvalue weighted by Gasteiger charge is -2.20. The van der Waals surface area contributed by atoms with Crippen LogP contribution in [0.2, 0.25) is 0 Å². The van der Waals surface area contributed by atoms with Crippen molar-refractivity contribution in [3.05, 3.63) is 60.2 Å². The van der Waals surface area contributed by atoms with E-state index in [0.717, 1.165) is 16.1 Å². The van der Waals surface area contributed by atoms with Crippen molar-refractivity contribution in [1.82, 2.24) is 5.32 Å². The number of carbonyl (C=O) groups is 1. The van der Waals surface area contributed by atoms with Crippen LogP contribution >= 0.6 is 24.0 Å². The molecule has 0 aromatic heterocycles. The summed E-state index contributed by atoms with van der Waals surface area (Å²) in [4.78, 5) is 12.3. The first-order valence-corrected chi connectivity index (χ1v) is 8.70. The monoisotopic (exact) mass is 346 g/mol. The second-order valence-electron chi connectivity index (χ2n) is 4.89. The number of aliphatic carboxylic acids is 1. The minimum atomic E-state index is -0.876. The van der Waals surface area contributed by atoms with Crippen molar-refractivity contribution in [3.8, 4) is 0 Å². The number of nitrogens with one attached hydrogen (secondary N) is 2. The van der Waals surface area contributed by atoms with Gasteiger partial charge in [-0.15, -0.1) is 11.8 Å². The van der Waals surface area contributed by atoms with E-state index in [1.54, 1.807) is 11.8 Å². The number of rotatable bonds is 6. The molecule has 6 heteroatoms. The van der Waals surface area contributed by atoms with Crippen LogP contribution in [-0.4, -0.2) is 22.4 Å². The molecule has 23 heavy (non-hydrogen) atoms. The van der Waals surface area contributed by atoms with E-state index >= 15 is 0 Å². The zero-order chi connectivity index (χ0) is 16.7. The fraction of sp³-hybridized carbons (Fsp3) is 0.176. The molecule has 0 amide bonds. The molecule has 0 heterocycles. The summed E-state index contributed by atoms with van der Waals surface area (Å²) in [6.45, 7) is 0. The maximum atomic E-state index is 11.1. The lowest BCUT2D eigenvalue weighted by Crippen LogP contribution is -2.33. The summed E-state index contributed by atoms with van der Waals surface area (Å²) >= 11 is 6.94. The van der Waals surface area contributed by atoms with Crippen LogP contribution in [0, 0.1) is 0 Å². The summed E-state index contributed by atoms with van der Waals surface area (Å²) in [5.41, 5.74) is 1.75. The molecule has 0 aliphatic carbocycles. The van der Waals surface area contributed by atoms with E-state index in [9.17, 15) is 4.79 Å². The Morgan fingerprint density at radius 1 is 1.17 bits per heavy atom.